The van der Waals surface area contributed by atoms with Crippen molar-refractivity contribution in [1.29, 1.82) is 0 Å². The Bertz CT molecular complexity index is 1660. The van der Waals surface area contributed by atoms with Gasteiger partial charge in [-0.15, -0.1) is 0 Å². The lowest BCUT2D eigenvalue weighted by Crippen LogP contribution is -2.49. The molecule has 1 spiro atoms. The summed E-state index contributed by atoms with van der Waals surface area (Å²) < 4.78 is 23.0. The van der Waals surface area contributed by atoms with E-state index in [1.165, 1.54) is 10.6 Å². The topological polar surface area (TPSA) is 101 Å². The third-order valence-electron chi connectivity index (χ3n) is 8.20. The number of fused-ring (bicyclic) bond motifs is 2. The fraction of sp³-hybridized carbons (Fsp3) is 0.424. The number of amides is 2. The summed E-state index contributed by atoms with van der Waals surface area (Å²) >= 11 is 12.6. The van der Waals surface area contributed by atoms with Crippen LogP contribution in [-0.4, -0.2) is 40.0 Å². The van der Waals surface area contributed by atoms with Crippen LogP contribution in [0.4, 0.5) is 15.9 Å². The van der Waals surface area contributed by atoms with E-state index in [1.807, 2.05) is 20.8 Å². The molecule has 0 saturated carbocycles. The predicted octanol–water partition coefficient (Wildman–Crippen LogP) is 6.82. The summed E-state index contributed by atoms with van der Waals surface area (Å²) in [6.45, 7) is 11.4. The van der Waals surface area contributed by atoms with Crippen LogP contribution in [0.5, 0.6) is 0 Å². The highest BCUT2D eigenvalue weighted by Gasteiger charge is 2.66. The van der Waals surface area contributed by atoms with Crippen LogP contribution in [0.2, 0.25) is 10.0 Å². The quantitative estimate of drug-likeness (QED) is 0.265. The maximum Gasteiger partial charge on any atom is 0.355 e. The van der Waals surface area contributed by atoms with Gasteiger partial charge >= 0.3 is 5.97 Å². The molecule has 1 fully saturated rings. The van der Waals surface area contributed by atoms with Crippen molar-refractivity contribution in [3.8, 4) is 0 Å². The molecule has 3 N–H and O–H groups in total. The summed E-state index contributed by atoms with van der Waals surface area (Å²) in [6, 6.07) is 11.3. The van der Waals surface area contributed by atoms with Crippen molar-refractivity contribution in [2.24, 2.45) is 12.5 Å². The average Bonchev–Trinajstić information content (AvgIpc) is 3.51. The van der Waals surface area contributed by atoms with Crippen LogP contribution >= 0.6 is 23.2 Å². The summed E-state index contributed by atoms with van der Waals surface area (Å²) in [5, 5.41) is 9.64. The normalized spacial score (nSPS) is 23.0. The van der Waals surface area contributed by atoms with Gasteiger partial charge in [0.25, 0.3) is 0 Å². The van der Waals surface area contributed by atoms with Crippen LogP contribution in [-0.2, 0) is 26.8 Å². The standard InChI is InChI=1S/C33H37Cl2FN4O4/c1-31(2,3)16-23-33(19-12-11-17(34)15-21(19)37-30(33)43)25(18-9-8-10-20(35)26(18)36)27(38-23)28(41)39-24-14-13-22(40(24)7)29(42)44-32(4,5)6/h8-15,23,25,27,38H,16H2,1-7H3,(H,37,43)(H,39,41). The minimum atomic E-state index is -1.38. The van der Waals surface area contributed by atoms with Gasteiger partial charge < -0.3 is 25.3 Å². The maximum absolute atomic E-state index is 16.0. The second kappa shape index (κ2) is 11.2. The molecule has 2 aromatic carbocycles. The highest BCUT2D eigenvalue weighted by Crippen LogP contribution is 2.57. The highest BCUT2D eigenvalue weighted by atomic mass is 35.5. The number of rotatable bonds is 5. The summed E-state index contributed by atoms with van der Waals surface area (Å²) in [6.07, 6.45) is 0.484. The molecule has 2 aliphatic rings. The van der Waals surface area contributed by atoms with E-state index < -0.39 is 46.7 Å². The van der Waals surface area contributed by atoms with E-state index in [0.29, 0.717) is 28.5 Å². The molecule has 8 nitrogen and oxygen atoms in total. The minimum Gasteiger partial charge on any atom is -0.455 e. The Balaban J connectivity index is 1.64. The maximum atomic E-state index is 16.0. The van der Waals surface area contributed by atoms with Crippen LogP contribution in [0.1, 0.15) is 75.5 Å². The van der Waals surface area contributed by atoms with E-state index in [1.54, 1.807) is 70.3 Å². The fourth-order valence-corrected chi connectivity index (χ4v) is 6.88. The monoisotopic (exact) mass is 642 g/mol. The van der Waals surface area contributed by atoms with Gasteiger partial charge in [0.05, 0.1) is 11.1 Å². The van der Waals surface area contributed by atoms with Gasteiger partial charge in [0.2, 0.25) is 11.8 Å². The number of hydrogen-bond donors (Lipinski definition) is 3. The van der Waals surface area contributed by atoms with Crippen LogP contribution < -0.4 is 16.0 Å². The molecule has 11 heteroatoms. The molecule has 0 radical (unpaired) electrons. The van der Waals surface area contributed by atoms with E-state index >= 15 is 4.39 Å². The van der Waals surface area contributed by atoms with E-state index in [-0.39, 0.29) is 27.6 Å². The third kappa shape index (κ3) is 5.61. The zero-order chi connectivity index (χ0) is 32.4. The first-order chi connectivity index (χ1) is 20.4. The van der Waals surface area contributed by atoms with Crippen molar-refractivity contribution in [3.05, 3.63) is 81.2 Å². The van der Waals surface area contributed by atoms with Gasteiger partial charge in [-0.2, -0.15) is 0 Å². The van der Waals surface area contributed by atoms with E-state index in [4.69, 9.17) is 27.9 Å². The summed E-state index contributed by atoms with van der Waals surface area (Å²) in [5.74, 6) is -2.77. The first-order valence-electron chi connectivity index (χ1n) is 14.5. The van der Waals surface area contributed by atoms with Crippen molar-refractivity contribution in [1.82, 2.24) is 9.88 Å². The van der Waals surface area contributed by atoms with Gasteiger partial charge in [0, 0.05) is 29.7 Å². The number of carbonyl (C=O) groups is 3. The van der Waals surface area contributed by atoms with Gasteiger partial charge in [-0.05, 0) is 74.1 Å². The number of benzene rings is 2. The number of esters is 1. The van der Waals surface area contributed by atoms with Crippen LogP contribution in [0, 0.1) is 11.2 Å². The molecule has 2 aliphatic heterocycles. The minimum absolute atomic E-state index is 0.116. The lowest BCUT2D eigenvalue weighted by Gasteiger charge is -2.37. The van der Waals surface area contributed by atoms with Crippen LogP contribution in [0.3, 0.4) is 0 Å². The Kier molecular flexibility index (Phi) is 8.14. The number of aromatic nitrogens is 1. The molecule has 0 aliphatic carbocycles. The molecule has 2 amide bonds. The molecule has 44 heavy (non-hydrogen) atoms. The number of anilines is 2. The molecule has 3 heterocycles. The molecule has 4 unspecified atom stereocenters. The van der Waals surface area contributed by atoms with Gasteiger partial charge in [-0.1, -0.05) is 62.2 Å². The average molecular weight is 644 g/mol. The summed E-state index contributed by atoms with van der Waals surface area (Å²) in [5.41, 5.74) is -0.831. The van der Waals surface area contributed by atoms with Gasteiger partial charge in [-0.25, -0.2) is 9.18 Å². The molecule has 234 valence electrons. The number of halogens is 3. The van der Waals surface area contributed by atoms with Gasteiger partial charge in [-0.3, -0.25) is 9.59 Å². The second-order valence-electron chi connectivity index (χ2n) is 13.7. The van der Waals surface area contributed by atoms with Gasteiger partial charge in [0.1, 0.15) is 28.3 Å². The lowest BCUT2D eigenvalue weighted by atomic mass is 9.62. The van der Waals surface area contributed by atoms with E-state index in [9.17, 15) is 14.4 Å². The molecule has 0 bridgehead atoms. The molecule has 4 atom stereocenters. The zero-order valence-corrected chi connectivity index (χ0v) is 27.3. The number of ether oxygens (including phenoxy) is 1. The smallest absolute Gasteiger partial charge is 0.355 e. The number of hydrogen-bond acceptors (Lipinski definition) is 5. The first kappa shape index (κ1) is 32.0. The van der Waals surface area contributed by atoms with Crippen LogP contribution in [0.25, 0.3) is 0 Å². The van der Waals surface area contributed by atoms with Crippen molar-refractivity contribution < 1.29 is 23.5 Å². The summed E-state index contributed by atoms with van der Waals surface area (Å²) in [4.78, 5) is 41.3. The van der Waals surface area contributed by atoms with Crippen molar-refractivity contribution >= 4 is 52.5 Å². The summed E-state index contributed by atoms with van der Waals surface area (Å²) in [7, 11) is 1.64. The van der Waals surface area contributed by atoms with E-state index in [2.05, 4.69) is 16.0 Å². The molecule has 5 rings (SSSR count). The largest absolute Gasteiger partial charge is 0.455 e. The molecular weight excluding hydrogens is 606 g/mol. The zero-order valence-electron chi connectivity index (χ0n) is 25.8. The highest BCUT2D eigenvalue weighted by molar-refractivity contribution is 6.31. The SMILES string of the molecule is Cn1c(NC(=O)C2NC(CC(C)(C)C)C3(C(=O)Nc4cc(Cl)ccc43)C2c2cccc(Cl)c2F)ccc1C(=O)OC(C)(C)C. The first-order valence-corrected chi connectivity index (χ1v) is 15.2. The van der Waals surface area contributed by atoms with Crippen molar-refractivity contribution in [2.45, 2.75) is 77.0 Å². The predicted molar refractivity (Wildman–Crippen MR) is 170 cm³/mol. The Morgan fingerprint density at radius 2 is 1.77 bits per heavy atom. The molecule has 1 aromatic heterocycles. The fourth-order valence-electron chi connectivity index (χ4n) is 6.53. The molecular formula is C33H37Cl2FN4O4. The number of nitrogens with one attached hydrogen (secondary N) is 3. The Labute approximate surface area is 266 Å². The number of nitrogens with zero attached hydrogens (tertiary/aromatic N) is 1. The molecule has 3 aromatic rings. The van der Waals surface area contributed by atoms with Crippen molar-refractivity contribution in [3.63, 3.8) is 0 Å². The Hall–Kier alpha value is -3.40. The second-order valence-corrected chi connectivity index (χ2v) is 14.6. The van der Waals surface area contributed by atoms with E-state index in [0.717, 1.165) is 0 Å². The number of carbonyl (C=O) groups excluding carboxylic acids is 3. The lowest BCUT2D eigenvalue weighted by molar-refractivity contribution is -0.122. The Morgan fingerprint density at radius 3 is 2.43 bits per heavy atom. The third-order valence-corrected chi connectivity index (χ3v) is 8.73. The molecule has 1 saturated heterocycles. The Morgan fingerprint density at radius 1 is 1.07 bits per heavy atom. The van der Waals surface area contributed by atoms with Crippen LogP contribution in [0.15, 0.2) is 48.5 Å². The van der Waals surface area contributed by atoms with Gasteiger partial charge in [0.15, 0.2) is 0 Å². The van der Waals surface area contributed by atoms with Crippen molar-refractivity contribution in [2.75, 3.05) is 10.6 Å².